The average molecular weight is 186 g/mol. The maximum absolute atomic E-state index is 11.6. The summed E-state index contributed by atoms with van der Waals surface area (Å²) in [5.41, 5.74) is 0. The van der Waals surface area contributed by atoms with E-state index in [2.05, 4.69) is 5.32 Å². The number of amides is 1. The number of nitrogens with one attached hydrogen (secondary N) is 1. The molecule has 12 heavy (non-hydrogen) atoms. The second-order valence-corrected chi connectivity index (χ2v) is 4.46. The lowest BCUT2D eigenvalue weighted by Crippen LogP contribution is -2.55. The summed E-state index contributed by atoms with van der Waals surface area (Å²) in [6, 6.07) is 0.146. The van der Waals surface area contributed by atoms with Crippen LogP contribution in [0.1, 0.15) is 6.42 Å². The lowest BCUT2D eigenvalue weighted by atomic mass is 10.1. The van der Waals surface area contributed by atoms with Crippen molar-refractivity contribution in [3.8, 4) is 0 Å². The van der Waals surface area contributed by atoms with Crippen LogP contribution in [0.15, 0.2) is 0 Å². The first-order chi connectivity index (χ1) is 5.88. The van der Waals surface area contributed by atoms with Gasteiger partial charge >= 0.3 is 0 Å². The SMILES string of the molecule is O=C([C@H]1CCN1)N1CCSCC1. The van der Waals surface area contributed by atoms with Crippen LogP contribution in [0.4, 0.5) is 0 Å². The molecular formula is C8H14N2OS. The molecule has 2 saturated heterocycles. The lowest BCUT2D eigenvalue weighted by molar-refractivity contribution is -0.134. The Bertz CT molecular complexity index is 176. The van der Waals surface area contributed by atoms with Crippen LogP contribution in [0.25, 0.3) is 0 Å². The third-order valence-corrected chi connectivity index (χ3v) is 3.39. The summed E-state index contributed by atoms with van der Waals surface area (Å²) in [5, 5.41) is 3.14. The van der Waals surface area contributed by atoms with E-state index in [0.717, 1.165) is 37.6 Å². The van der Waals surface area contributed by atoms with E-state index in [4.69, 9.17) is 0 Å². The quantitative estimate of drug-likeness (QED) is 0.622. The van der Waals surface area contributed by atoms with Crippen molar-refractivity contribution in [3.05, 3.63) is 0 Å². The normalized spacial score (nSPS) is 29.7. The highest BCUT2D eigenvalue weighted by Gasteiger charge is 2.29. The molecule has 68 valence electrons. The molecular weight excluding hydrogens is 172 g/mol. The van der Waals surface area contributed by atoms with Crippen LogP contribution >= 0.6 is 11.8 Å². The van der Waals surface area contributed by atoms with Crippen LogP contribution in [0.2, 0.25) is 0 Å². The van der Waals surface area contributed by atoms with Crippen molar-refractivity contribution in [2.75, 3.05) is 31.1 Å². The second kappa shape index (κ2) is 3.66. The number of hydrogen-bond acceptors (Lipinski definition) is 3. The van der Waals surface area contributed by atoms with E-state index < -0.39 is 0 Å². The minimum absolute atomic E-state index is 0.146. The fourth-order valence-electron chi connectivity index (χ4n) is 1.50. The number of thioether (sulfide) groups is 1. The Balaban J connectivity index is 1.84. The van der Waals surface area contributed by atoms with Gasteiger partial charge in [0, 0.05) is 24.6 Å². The number of rotatable bonds is 1. The molecule has 0 saturated carbocycles. The van der Waals surface area contributed by atoms with Gasteiger partial charge in [0.2, 0.25) is 5.91 Å². The molecule has 0 aliphatic carbocycles. The number of carbonyl (C=O) groups is 1. The van der Waals surface area contributed by atoms with E-state index in [9.17, 15) is 4.79 Å². The first-order valence-electron chi connectivity index (χ1n) is 4.48. The van der Waals surface area contributed by atoms with E-state index >= 15 is 0 Å². The van der Waals surface area contributed by atoms with Gasteiger partial charge in [-0.15, -0.1) is 0 Å². The number of carbonyl (C=O) groups excluding carboxylic acids is 1. The zero-order chi connectivity index (χ0) is 8.39. The molecule has 3 nitrogen and oxygen atoms in total. The minimum Gasteiger partial charge on any atom is -0.340 e. The average Bonchev–Trinajstić information content (AvgIpc) is 2.03. The van der Waals surface area contributed by atoms with E-state index in [-0.39, 0.29) is 6.04 Å². The Kier molecular flexibility index (Phi) is 2.56. The summed E-state index contributed by atoms with van der Waals surface area (Å²) >= 11 is 1.94. The maximum atomic E-state index is 11.6. The smallest absolute Gasteiger partial charge is 0.239 e. The maximum Gasteiger partial charge on any atom is 0.239 e. The van der Waals surface area contributed by atoms with Crippen LogP contribution in [0.3, 0.4) is 0 Å². The Labute approximate surface area is 76.9 Å². The van der Waals surface area contributed by atoms with Crippen LogP contribution in [-0.4, -0.2) is 48.0 Å². The molecule has 0 aromatic rings. The van der Waals surface area contributed by atoms with Crippen molar-refractivity contribution in [1.29, 1.82) is 0 Å². The predicted octanol–water partition coefficient (Wildman–Crippen LogP) is -0.0763. The van der Waals surface area contributed by atoms with Gasteiger partial charge in [0.25, 0.3) is 0 Å². The molecule has 0 unspecified atom stereocenters. The van der Waals surface area contributed by atoms with Crippen LogP contribution < -0.4 is 5.32 Å². The van der Waals surface area contributed by atoms with Gasteiger partial charge in [0.05, 0.1) is 6.04 Å². The zero-order valence-corrected chi connectivity index (χ0v) is 7.90. The highest BCUT2D eigenvalue weighted by Crippen LogP contribution is 2.13. The molecule has 1 amide bonds. The summed E-state index contributed by atoms with van der Waals surface area (Å²) in [7, 11) is 0. The van der Waals surface area contributed by atoms with Gasteiger partial charge < -0.3 is 10.2 Å². The van der Waals surface area contributed by atoms with Gasteiger partial charge in [-0.2, -0.15) is 11.8 Å². The van der Waals surface area contributed by atoms with Gasteiger partial charge in [-0.25, -0.2) is 0 Å². The van der Waals surface area contributed by atoms with E-state index in [1.54, 1.807) is 0 Å². The minimum atomic E-state index is 0.146. The summed E-state index contributed by atoms with van der Waals surface area (Å²) in [5.74, 6) is 2.54. The Morgan fingerprint density at radius 2 is 2.08 bits per heavy atom. The summed E-state index contributed by atoms with van der Waals surface area (Å²) in [4.78, 5) is 13.6. The molecule has 2 aliphatic heterocycles. The number of hydrogen-bond donors (Lipinski definition) is 1. The first kappa shape index (κ1) is 8.38. The highest BCUT2D eigenvalue weighted by atomic mass is 32.2. The molecule has 2 aliphatic rings. The van der Waals surface area contributed by atoms with Gasteiger partial charge in [0.15, 0.2) is 0 Å². The van der Waals surface area contributed by atoms with Crippen LogP contribution in [0.5, 0.6) is 0 Å². The lowest BCUT2D eigenvalue weighted by Gasteiger charge is -2.34. The molecule has 0 bridgehead atoms. The zero-order valence-electron chi connectivity index (χ0n) is 7.08. The Hall–Kier alpha value is -0.220. The fourth-order valence-corrected chi connectivity index (χ4v) is 2.41. The fraction of sp³-hybridized carbons (Fsp3) is 0.875. The largest absolute Gasteiger partial charge is 0.340 e. The molecule has 1 N–H and O–H groups in total. The topological polar surface area (TPSA) is 32.3 Å². The Morgan fingerprint density at radius 3 is 2.58 bits per heavy atom. The van der Waals surface area contributed by atoms with Crippen molar-refractivity contribution < 1.29 is 4.79 Å². The molecule has 0 aromatic heterocycles. The van der Waals surface area contributed by atoms with Gasteiger partial charge in [0.1, 0.15) is 0 Å². The summed E-state index contributed by atoms with van der Waals surface area (Å²) in [6.07, 6.45) is 1.03. The van der Waals surface area contributed by atoms with E-state index in [1.807, 2.05) is 16.7 Å². The molecule has 1 atom stereocenters. The van der Waals surface area contributed by atoms with Crippen molar-refractivity contribution in [2.45, 2.75) is 12.5 Å². The second-order valence-electron chi connectivity index (χ2n) is 3.23. The van der Waals surface area contributed by atoms with Crippen molar-refractivity contribution in [1.82, 2.24) is 10.2 Å². The molecule has 4 heteroatoms. The first-order valence-corrected chi connectivity index (χ1v) is 5.63. The third kappa shape index (κ3) is 1.59. The Morgan fingerprint density at radius 1 is 1.42 bits per heavy atom. The van der Waals surface area contributed by atoms with E-state index in [0.29, 0.717) is 5.91 Å². The third-order valence-electron chi connectivity index (χ3n) is 2.44. The predicted molar refractivity (Wildman–Crippen MR) is 50.3 cm³/mol. The monoisotopic (exact) mass is 186 g/mol. The molecule has 2 fully saturated rings. The molecule has 0 spiro atoms. The van der Waals surface area contributed by atoms with Gasteiger partial charge in [-0.05, 0) is 13.0 Å². The van der Waals surface area contributed by atoms with Crippen LogP contribution in [-0.2, 0) is 4.79 Å². The van der Waals surface area contributed by atoms with Gasteiger partial charge in [-0.3, -0.25) is 4.79 Å². The summed E-state index contributed by atoms with van der Waals surface area (Å²) < 4.78 is 0. The molecule has 2 rings (SSSR count). The van der Waals surface area contributed by atoms with Gasteiger partial charge in [-0.1, -0.05) is 0 Å². The van der Waals surface area contributed by atoms with Crippen LogP contribution in [0, 0.1) is 0 Å². The van der Waals surface area contributed by atoms with Crippen molar-refractivity contribution in [3.63, 3.8) is 0 Å². The van der Waals surface area contributed by atoms with Crippen molar-refractivity contribution >= 4 is 17.7 Å². The van der Waals surface area contributed by atoms with E-state index in [1.165, 1.54) is 0 Å². The van der Waals surface area contributed by atoms with Crippen molar-refractivity contribution in [2.24, 2.45) is 0 Å². The highest BCUT2D eigenvalue weighted by molar-refractivity contribution is 7.99. The molecule has 0 aromatic carbocycles. The number of nitrogens with zero attached hydrogens (tertiary/aromatic N) is 1. The standard InChI is InChI=1S/C8H14N2OS/c11-8(7-1-2-9-7)10-3-5-12-6-4-10/h7,9H,1-6H2/t7-/m1/s1. The molecule has 0 radical (unpaired) electrons. The summed E-state index contributed by atoms with van der Waals surface area (Å²) in [6.45, 7) is 2.91. The molecule has 2 heterocycles.